The molecule has 3 heteroatoms. The largest absolute Gasteiger partial charge is 0.386 e. The van der Waals surface area contributed by atoms with Crippen molar-refractivity contribution in [3.63, 3.8) is 0 Å². The van der Waals surface area contributed by atoms with Gasteiger partial charge in [0, 0.05) is 5.02 Å². The lowest BCUT2D eigenvalue weighted by Gasteiger charge is -2.20. The molecule has 0 aromatic heterocycles. The van der Waals surface area contributed by atoms with E-state index in [4.69, 9.17) is 17.3 Å². The summed E-state index contributed by atoms with van der Waals surface area (Å²) in [5, 5.41) is 10.9. The van der Waals surface area contributed by atoms with Gasteiger partial charge in [0.25, 0.3) is 0 Å². The predicted molar refractivity (Wildman–Crippen MR) is 74.5 cm³/mol. The fourth-order valence-corrected chi connectivity index (χ4v) is 2.05. The molecule has 0 fully saturated rings. The van der Waals surface area contributed by atoms with Crippen LogP contribution in [0.15, 0.2) is 48.5 Å². The Balaban J connectivity index is 2.23. The van der Waals surface area contributed by atoms with Gasteiger partial charge in [0.15, 0.2) is 0 Å². The Labute approximate surface area is 112 Å². The topological polar surface area (TPSA) is 46.2 Å². The third kappa shape index (κ3) is 2.91. The Morgan fingerprint density at radius 1 is 1.06 bits per heavy atom. The highest BCUT2D eigenvalue weighted by atomic mass is 35.5. The number of aliphatic hydroxyl groups excluding tert-OH is 1. The number of aryl methyl sites for hydroxylation is 1. The second-order valence-corrected chi connectivity index (χ2v) is 4.87. The first-order chi connectivity index (χ1) is 8.58. The van der Waals surface area contributed by atoms with Gasteiger partial charge in [0.1, 0.15) is 0 Å². The molecule has 1 unspecified atom stereocenters. The van der Waals surface area contributed by atoms with Gasteiger partial charge < -0.3 is 10.8 Å². The predicted octanol–water partition coefficient (Wildman–Crippen LogP) is 3.38. The molecule has 0 bridgehead atoms. The molecule has 2 nitrogen and oxygen atoms in total. The van der Waals surface area contributed by atoms with E-state index in [9.17, 15) is 5.11 Å². The lowest BCUT2D eigenvalue weighted by Crippen LogP contribution is -2.19. The fourth-order valence-electron chi connectivity index (χ4n) is 1.93. The summed E-state index contributed by atoms with van der Waals surface area (Å²) in [6.45, 7) is 1.99. The van der Waals surface area contributed by atoms with Crippen LogP contribution in [0.25, 0.3) is 0 Å². The van der Waals surface area contributed by atoms with E-state index in [2.05, 4.69) is 0 Å². The number of hydrogen-bond acceptors (Lipinski definition) is 2. The van der Waals surface area contributed by atoms with Crippen molar-refractivity contribution >= 4 is 11.6 Å². The third-order valence-electron chi connectivity index (χ3n) is 2.98. The summed E-state index contributed by atoms with van der Waals surface area (Å²) in [6, 6.07) is 14.5. The summed E-state index contributed by atoms with van der Waals surface area (Å²) in [6.07, 6.45) is -0.717. The van der Waals surface area contributed by atoms with Crippen molar-refractivity contribution in [1.82, 2.24) is 0 Å². The van der Waals surface area contributed by atoms with Crippen molar-refractivity contribution in [1.29, 1.82) is 0 Å². The zero-order valence-electron chi connectivity index (χ0n) is 10.2. The van der Waals surface area contributed by atoms with Crippen LogP contribution in [0.4, 0.5) is 0 Å². The second kappa shape index (κ2) is 5.53. The Hall–Kier alpha value is -1.35. The molecule has 94 valence electrons. The Bertz CT molecular complexity index is 524. The minimum Gasteiger partial charge on any atom is -0.386 e. The van der Waals surface area contributed by atoms with Crippen molar-refractivity contribution in [3.05, 3.63) is 70.2 Å². The zero-order chi connectivity index (χ0) is 13.1. The number of hydrogen-bond donors (Lipinski definition) is 2. The smallest absolute Gasteiger partial charge is 0.0982 e. The minimum absolute atomic E-state index is 0.455. The van der Waals surface area contributed by atoms with E-state index < -0.39 is 12.1 Å². The standard InChI is InChI=1S/C15H16ClNO/c1-10-3-2-4-12(9-10)15(18)14(17)11-5-7-13(16)8-6-11/h2-9,14-15,18H,17H2,1H3/t14-,15?/m1/s1. The molecule has 0 saturated heterocycles. The van der Waals surface area contributed by atoms with E-state index in [0.29, 0.717) is 5.02 Å². The van der Waals surface area contributed by atoms with Crippen LogP contribution in [0.1, 0.15) is 28.8 Å². The number of rotatable bonds is 3. The molecular formula is C15H16ClNO. The summed E-state index contributed by atoms with van der Waals surface area (Å²) in [5.74, 6) is 0. The van der Waals surface area contributed by atoms with Crippen molar-refractivity contribution < 1.29 is 5.11 Å². The fraction of sp³-hybridized carbons (Fsp3) is 0.200. The lowest BCUT2D eigenvalue weighted by molar-refractivity contribution is 0.147. The normalized spacial score (nSPS) is 14.2. The molecule has 2 aromatic carbocycles. The van der Waals surface area contributed by atoms with Crippen molar-refractivity contribution in [2.45, 2.75) is 19.1 Å². The van der Waals surface area contributed by atoms with Gasteiger partial charge in [-0.3, -0.25) is 0 Å². The number of aliphatic hydroxyl groups is 1. The maximum atomic E-state index is 10.3. The van der Waals surface area contributed by atoms with E-state index in [1.165, 1.54) is 0 Å². The molecule has 2 atom stereocenters. The van der Waals surface area contributed by atoms with Crippen LogP contribution < -0.4 is 5.73 Å². The van der Waals surface area contributed by atoms with E-state index in [1.54, 1.807) is 12.1 Å². The molecule has 0 aliphatic rings. The first kappa shape index (κ1) is 13.1. The van der Waals surface area contributed by atoms with Gasteiger partial charge in [0.05, 0.1) is 12.1 Å². The highest BCUT2D eigenvalue weighted by Gasteiger charge is 2.18. The van der Waals surface area contributed by atoms with Gasteiger partial charge in [0.2, 0.25) is 0 Å². The van der Waals surface area contributed by atoms with E-state index in [0.717, 1.165) is 16.7 Å². The quantitative estimate of drug-likeness (QED) is 0.890. The van der Waals surface area contributed by atoms with E-state index in [-0.39, 0.29) is 0 Å². The summed E-state index contributed by atoms with van der Waals surface area (Å²) < 4.78 is 0. The molecular weight excluding hydrogens is 246 g/mol. The first-order valence-electron chi connectivity index (χ1n) is 5.83. The first-order valence-corrected chi connectivity index (χ1v) is 6.21. The molecule has 0 radical (unpaired) electrons. The van der Waals surface area contributed by atoms with Crippen LogP contribution in [0.5, 0.6) is 0 Å². The van der Waals surface area contributed by atoms with E-state index in [1.807, 2.05) is 43.3 Å². The summed E-state index contributed by atoms with van der Waals surface area (Å²) >= 11 is 5.83. The molecule has 0 spiro atoms. The molecule has 0 aliphatic heterocycles. The average molecular weight is 262 g/mol. The Morgan fingerprint density at radius 3 is 2.33 bits per heavy atom. The van der Waals surface area contributed by atoms with Crippen LogP contribution in [0.3, 0.4) is 0 Å². The molecule has 2 rings (SSSR count). The van der Waals surface area contributed by atoms with Crippen LogP contribution in [-0.4, -0.2) is 5.11 Å². The van der Waals surface area contributed by atoms with Crippen LogP contribution in [0, 0.1) is 6.92 Å². The number of nitrogens with two attached hydrogens (primary N) is 1. The number of halogens is 1. The average Bonchev–Trinajstić information content (AvgIpc) is 2.38. The molecule has 18 heavy (non-hydrogen) atoms. The second-order valence-electron chi connectivity index (χ2n) is 4.44. The Kier molecular flexibility index (Phi) is 4.02. The monoisotopic (exact) mass is 261 g/mol. The summed E-state index contributed by atoms with van der Waals surface area (Å²) in [5.41, 5.74) is 8.88. The maximum absolute atomic E-state index is 10.3. The summed E-state index contributed by atoms with van der Waals surface area (Å²) in [7, 11) is 0. The van der Waals surface area contributed by atoms with E-state index >= 15 is 0 Å². The highest BCUT2D eigenvalue weighted by Crippen LogP contribution is 2.27. The molecule has 0 heterocycles. The number of benzene rings is 2. The van der Waals surface area contributed by atoms with Gasteiger partial charge in [-0.15, -0.1) is 0 Å². The van der Waals surface area contributed by atoms with Gasteiger partial charge in [-0.25, -0.2) is 0 Å². The van der Waals surface area contributed by atoms with Gasteiger partial charge in [-0.05, 0) is 30.2 Å². The van der Waals surface area contributed by atoms with Gasteiger partial charge in [-0.1, -0.05) is 53.6 Å². The minimum atomic E-state index is -0.717. The maximum Gasteiger partial charge on any atom is 0.0982 e. The molecule has 0 saturated carbocycles. The van der Waals surface area contributed by atoms with Gasteiger partial charge >= 0.3 is 0 Å². The highest BCUT2D eigenvalue weighted by molar-refractivity contribution is 6.30. The molecule has 0 amide bonds. The Morgan fingerprint density at radius 2 is 1.72 bits per heavy atom. The van der Waals surface area contributed by atoms with Gasteiger partial charge in [-0.2, -0.15) is 0 Å². The van der Waals surface area contributed by atoms with Crippen LogP contribution in [0.2, 0.25) is 5.02 Å². The molecule has 3 N–H and O–H groups in total. The summed E-state index contributed by atoms with van der Waals surface area (Å²) in [4.78, 5) is 0. The van der Waals surface area contributed by atoms with Crippen LogP contribution in [-0.2, 0) is 0 Å². The lowest BCUT2D eigenvalue weighted by atomic mass is 9.96. The van der Waals surface area contributed by atoms with Crippen molar-refractivity contribution in [3.8, 4) is 0 Å². The molecule has 0 aliphatic carbocycles. The van der Waals surface area contributed by atoms with Crippen molar-refractivity contribution in [2.75, 3.05) is 0 Å². The third-order valence-corrected chi connectivity index (χ3v) is 3.23. The SMILES string of the molecule is Cc1cccc(C(O)[C@H](N)c2ccc(Cl)cc2)c1. The van der Waals surface area contributed by atoms with Crippen molar-refractivity contribution in [2.24, 2.45) is 5.73 Å². The van der Waals surface area contributed by atoms with Crippen LogP contribution >= 0.6 is 11.6 Å². The zero-order valence-corrected chi connectivity index (χ0v) is 10.9. The molecule has 2 aromatic rings.